The van der Waals surface area contributed by atoms with E-state index in [1.807, 2.05) is 12.1 Å². The number of amides is 2. The minimum Gasteiger partial charge on any atom is -0.495 e. The SMILES string of the molecule is COc1cc(OC)c(NC(=O)[C@H]2CCCN(C(=O)c3cc(-c4cccnc4)n[nH]3)C2)cc1Cl. The van der Waals surface area contributed by atoms with E-state index in [1.54, 1.807) is 35.5 Å². The molecule has 0 bridgehead atoms. The van der Waals surface area contributed by atoms with Crippen LogP contribution in [0.5, 0.6) is 11.5 Å². The van der Waals surface area contributed by atoms with Crippen molar-refractivity contribution in [2.45, 2.75) is 12.8 Å². The van der Waals surface area contributed by atoms with Crippen molar-refractivity contribution in [3.63, 3.8) is 0 Å². The lowest BCUT2D eigenvalue weighted by atomic mass is 9.96. The van der Waals surface area contributed by atoms with E-state index in [1.165, 1.54) is 14.2 Å². The van der Waals surface area contributed by atoms with E-state index in [0.717, 1.165) is 5.56 Å². The smallest absolute Gasteiger partial charge is 0.271 e. The first-order valence-corrected chi connectivity index (χ1v) is 10.9. The lowest BCUT2D eigenvalue weighted by molar-refractivity contribution is -0.121. The number of pyridine rings is 1. The van der Waals surface area contributed by atoms with Gasteiger partial charge in [-0.1, -0.05) is 11.6 Å². The van der Waals surface area contributed by atoms with Gasteiger partial charge in [0.2, 0.25) is 5.91 Å². The fourth-order valence-corrected chi connectivity index (χ4v) is 4.07. The molecule has 1 saturated heterocycles. The number of hydrogen-bond donors (Lipinski definition) is 2. The van der Waals surface area contributed by atoms with Crippen molar-refractivity contribution in [3.8, 4) is 22.8 Å². The first-order chi connectivity index (χ1) is 16.0. The Morgan fingerprint density at radius 3 is 2.76 bits per heavy atom. The molecule has 172 valence electrons. The summed E-state index contributed by atoms with van der Waals surface area (Å²) in [5.41, 5.74) is 2.28. The number of benzene rings is 1. The third kappa shape index (κ3) is 4.93. The topological polar surface area (TPSA) is 109 Å². The molecule has 0 radical (unpaired) electrons. The van der Waals surface area contributed by atoms with Crippen molar-refractivity contribution in [2.24, 2.45) is 5.92 Å². The Bertz CT molecular complexity index is 1150. The normalized spacial score (nSPS) is 15.7. The van der Waals surface area contributed by atoms with E-state index in [0.29, 0.717) is 59.5 Å². The van der Waals surface area contributed by atoms with E-state index in [2.05, 4.69) is 20.5 Å². The Balaban J connectivity index is 1.44. The molecule has 4 rings (SSSR count). The van der Waals surface area contributed by atoms with Crippen LogP contribution >= 0.6 is 11.6 Å². The van der Waals surface area contributed by atoms with Gasteiger partial charge in [0.15, 0.2) is 0 Å². The fraction of sp³-hybridized carbons (Fsp3) is 0.304. The van der Waals surface area contributed by atoms with E-state index in [-0.39, 0.29) is 17.7 Å². The van der Waals surface area contributed by atoms with Gasteiger partial charge in [-0.25, -0.2) is 0 Å². The largest absolute Gasteiger partial charge is 0.495 e. The average Bonchev–Trinajstić information content (AvgIpc) is 3.35. The Kier molecular flexibility index (Phi) is 6.79. The summed E-state index contributed by atoms with van der Waals surface area (Å²) in [6, 6.07) is 8.59. The maximum atomic E-state index is 13.0. The molecule has 1 aliphatic rings. The highest BCUT2D eigenvalue weighted by Crippen LogP contribution is 2.36. The van der Waals surface area contributed by atoms with Crippen molar-refractivity contribution in [3.05, 3.63) is 53.4 Å². The number of nitrogens with one attached hydrogen (secondary N) is 2. The summed E-state index contributed by atoms with van der Waals surface area (Å²) in [4.78, 5) is 31.8. The summed E-state index contributed by atoms with van der Waals surface area (Å²) in [5, 5.41) is 10.3. The van der Waals surface area contributed by atoms with E-state index in [4.69, 9.17) is 21.1 Å². The number of likely N-dealkylation sites (tertiary alicyclic amines) is 1. The predicted octanol–water partition coefficient (Wildman–Crippen LogP) is 3.63. The minimum atomic E-state index is -0.367. The third-order valence-corrected chi connectivity index (χ3v) is 5.87. The number of halogens is 1. The zero-order chi connectivity index (χ0) is 23.4. The highest BCUT2D eigenvalue weighted by atomic mass is 35.5. The van der Waals surface area contributed by atoms with Crippen LogP contribution in [-0.4, -0.2) is 59.2 Å². The number of rotatable bonds is 6. The second kappa shape index (κ2) is 9.91. The van der Waals surface area contributed by atoms with Crippen LogP contribution in [0.15, 0.2) is 42.7 Å². The predicted molar refractivity (Wildman–Crippen MR) is 124 cm³/mol. The van der Waals surface area contributed by atoms with Gasteiger partial charge in [-0.3, -0.25) is 19.7 Å². The van der Waals surface area contributed by atoms with Crippen LogP contribution < -0.4 is 14.8 Å². The molecule has 33 heavy (non-hydrogen) atoms. The standard InChI is InChI=1S/C23H24ClN5O4/c1-32-20-11-21(33-2)18(9-16(20)24)26-22(30)15-6-4-8-29(13-15)23(31)19-10-17(27-28-19)14-5-3-7-25-12-14/h3,5,7,9-12,15H,4,6,8,13H2,1-2H3,(H,26,30)(H,27,28)/t15-/m0/s1. The number of carbonyl (C=O) groups excluding carboxylic acids is 2. The van der Waals surface area contributed by atoms with Crippen molar-refractivity contribution in [1.29, 1.82) is 0 Å². The van der Waals surface area contributed by atoms with Crippen LogP contribution in [0.1, 0.15) is 23.3 Å². The number of ether oxygens (including phenoxy) is 2. The molecule has 2 amide bonds. The number of aromatic amines is 1. The lowest BCUT2D eigenvalue weighted by Gasteiger charge is -2.31. The van der Waals surface area contributed by atoms with Crippen LogP contribution in [0.3, 0.4) is 0 Å². The molecule has 0 unspecified atom stereocenters. The van der Waals surface area contributed by atoms with Crippen molar-refractivity contribution in [1.82, 2.24) is 20.1 Å². The maximum absolute atomic E-state index is 13.0. The van der Waals surface area contributed by atoms with Gasteiger partial charge in [-0.2, -0.15) is 5.10 Å². The number of H-pyrrole nitrogens is 1. The summed E-state index contributed by atoms with van der Waals surface area (Å²) >= 11 is 6.21. The Labute approximate surface area is 196 Å². The van der Waals surface area contributed by atoms with Crippen molar-refractivity contribution < 1.29 is 19.1 Å². The Hall–Kier alpha value is -3.59. The number of aromatic nitrogens is 3. The van der Waals surface area contributed by atoms with Gasteiger partial charge in [0.1, 0.15) is 17.2 Å². The van der Waals surface area contributed by atoms with Gasteiger partial charge in [-0.15, -0.1) is 0 Å². The summed E-state index contributed by atoms with van der Waals surface area (Å²) in [7, 11) is 3.01. The molecule has 0 saturated carbocycles. The fourth-order valence-electron chi connectivity index (χ4n) is 3.83. The molecule has 0 spiro atoms. The summed E-state index contributed by atoms with van der Waals surface area (Å²) in [6.07, 6.45) is 4.75. The monoisotopic (exact) mass is 469 g/mol. The van der Waals surface area contributed by atoms with Crippen LogP contribution in [0.4, 0.5) is 5.69 Å². The Morgan fingerprint density at radius 2 is 2.03 bits per heavy atom. The molecule has 2 N–H and O–H groups in total. The molecule has 10 heteroatoms. The zero-order valence-corrected chi connectivity index (χ0v) is 19.1. The first-order valence-electron chi connectivity index (χ1n) is 10.5. The van der Waals surface area contributed by atoms with E-state index in [9.17, 15) is 9.59 Å². The third-order valence-electron chi connectivity index (χ3n) is 5.58. The Morgan fingerprint density at radius 1 is 1.21 bits per heavy atom. The van der Waals surface area contributed by atoms with E-state index < -0.39 is 0 Å². The van der Waals surface area contributed by atoms with Crippen LogP contribution in [0.25, 0.3) is 11.3 Å². The van der Waals surface area contributed by atoms with Crippen molar-refractivity contribution in [2.75, 3.05) is 32.6 Å². The van der Waals surface area contributed by atoms with Gasteiger partial charge in [0, 0.05) is 37.1 Å². The number of nitrogens with zero attached hydrogens (tertiary/aromatic N) is 3. The van der Waals surface area contributed by atoms with Crippen LogP contribution in [0.2, 0.25) is 5.02 Å². The van der Waals surface area contributed by atoms with Gasteiger partial charge < -0.3 is 19.7 Å². The second-order valence-electron chi connectivity index (χ2n) is 7.68. The maximum Gasteiger partial charge on any atom is 0.271 e. The molecule has 1 fully saturated rings. The zero-order valence-electron chi connectivity index (χ0n) is 18.3. The number of piperidine rings is 1. The molecule has 2 aromatic heterocycles. The number of anilines is 1. The molecule has 1 atom stereocenters. The second-order valence-corrected chi connectivity index (χ2v) is 8.08. The lowest BCUT2D eigenvalue weighted by Crippen LogP contribution is -2.43. The quantitative estimate of drug-likeness (QED) is 0.570. The first kappa shape index (κ1) is 22.6. The molecule has 9 nitrogen and oxygen atoms in total. The molecular weight excluding hydrogens is 446 g/mol. The molecule has 1 aliphatic heterocycles. The van der Waals surface area contributed by atoms with Gasteiger partial charge >= 0.3 is 0 Å². The number of methoxy groups -OCH3 is 2. The molecule has 3 aromatic rings. The molecular formula is C23H24ClN5O4. The van der Waals surface area contributed by atoms with Gasteiger partial charge in [0.05, 0.1) is 36.5 Å². The molecule has 1 aromatic carbocycles. The summed E-state index contributed by atoms with van der Waals surface area (Å²) < 4.78 is 10.5. The average molecular weight is 470 g/mol. The minimum absolute atomic E-state index is 0.194. The highest BCUT2D eigenvalue weighted by Gasteiger charge is 2.30. The molecule has 3 heterocycles. The number of carbonyl (C=O) groups is 2. The summed E-state index contributed by atoms with van der Waals surface area (Å²) in [5.74, 6) is 0.127. The van der Waals surface area contributed by atoms with Gasteiger partial charge in [0.25, 0.3) is 5.91 Å². The van der Waals surface area contributed by atoms with Crippen LogP contribution in [-0.2, 0) is 4.79 Å². The molecule has 0 aliphatic carbocycles. The van der Waals surface area contributed by atoms with Crippen molar-refractivity contribution >= 4 is 29.1 Å². The number of hydrogen-bond acceptors (Lipinski definition) is 6. The van der Waals surface area contributed by atoms with Crippen LogP contribution in [0, 0.1) is 5.92 Å². The summed E-state index contributed by atoms with van der Waals surface area (Å²) in [6.45, 7) is 0.875. The van der Waals surface area contributed by atoms with Gasteiger partial charge in [-0.05, 0) is 37.1 Å². The van der Waals surface area contributed by atoms with E-state index >= 15 is 0 Å². The highest BCUT2D eigenvalue weighted by molar-refractivity contribution is 6.32.